The van der Waals surface area contributed by atoms with Gasteiger partial charge in [0, 0.05) is 17.5 Å². The van der Waals surface area contributed by atoms with Crippen LogP contribution in [0.15, 0.2) is 18.2 Å². The van der Waals surface area contributed by atoms with Crippen LogP contribution in [-0.4, -0.2) is 19.6 Å². The van der Waals surface area contributed by atoms with Crippen molar-refractivity contribution >= 4 is 17.5 Å². The maximum atomic E-state index is 11.9. The first kappa shape index (κ1) is 14.2. The highest BCUT2D eigenvalue weighted by Crippen LogP contribution is 2.25. The first-order valence-corrected chi connectivity index (χ1v) is 7.18. The highest BCUT2D eigenvalue weighted by molar-refractivity contribution is 6.30. The van der Waals surface area contributed by atoms with E-state index in [2.05, 4.69) is 5.32 Å². The summed E-state index contributed by atoms with van der Waals surface area (Å²) in [7, 11) is 1.64. The minimum absolute atomic E-state index is 0.193. The van der Waals surface area contributed by atoms with E-state index in [9.17, 15) is 4.79 Å². The molecule has 0 saturated heterocycles. The van der Waals surface area contributed by atoms with Gasteiger partial charge in [0.1, 0.15) is 5.75 Å². The lowest BCUT2D eigenvalue weighted by molar-refractivity contribution is -0.124. The number of hydrogen-bond acceptors (Lipinski definition) is 2. The summed E-state index contributed by atoms with van der Waals surface area (Å²) in [6.45, 7) is 0.631. The lowest BCUT2D eigenvalue weighted by Gasteiger charge is -2.12. The summed E-state index contributed by atoms with van der Waals surface area (Å²) in [5.41, 5.74) is 1.03. The van der Waals surface area contributed by atoms with Crippen molar-refractivity contribution in [3.8, 4) is 5.75 Å². The molecule has 0 spiro atoms. The lowest BCUT2D eigenvalue weighted by atomic mass is 10.1. The van der Waals surface area contributed by atoms with Crippen molar-refractivity contribution in [2.45, 2.75) is 32.1 Å². The molecular formula is C15H20ClNO2. The SMILES string of the molecule is COc1ccc(Cl)cc1CCNC(=O)C1CCCC1. The molecule has 0 bridgehead atoms. The first-order valence-electron chi connectivity index (χ1n) is 6.81. The van der Waals surface area contributed by atoms with Crippen LogP contribution in [0, 0.1) is 5.92 Å². The van der Waals surface area contributed by atoms with Gasteiger partial charge in [0.05, 0.1) is 7.11 Å². The van der Waals surface area contributed by atoms with Crippen LogP contribution in [0.4, 0.5) is 0 Å². The smallest absolute Gasteiger partial charge is 0.223 e. The largest absolute Gasteiger partial charge is 0.496 e. The maximum absolute atomic E-state index is 11.9. The summed E-state index contributed by atoms with van der Waals surface area (Å²) in [5.74, 6) is 1.24. The fourth-order valence-corrected chi connectivity index (χ4v) is 2.79. The third-order valence-electron chi connectivity index (χ3n) is 3.66. The summed E-state index contributed by atoms with van der Waals surface area (Å²) in [6, 6.07) is 5.56. The summed E-state index contributed by atoms with van der Waals surface area (Å²) < 4.78 is 5.29. The van der Waals surface area contributed by atoms with Crippen LogP contribution in [-0.2, 0) is 11.2 Å². The van der Waals surface area contributed by atoms with Crippen LogP contribution < -0.4 is 10.1 Å². The molecule has 1 aliphatic carbocycles. The Bertz CT molecular complexity index is 442. The van der Waals surface area contributed by atoms with Crippen LogP contribution in [0.2, 0.25) is 5.02 Å². The number of carbonyl (C=O) groups is 1. The molecule has 0 unspecified atom stereocenters. The lowest BCUT2D eigenvalue weighted by Crippen LogP contribution is -2.31. The zero-order valence-corrected chi connectivity index (χ0v) is 12.0. The number of ether oxygens (including phenoxy) is 1. The number of carbonyl (C=O) groups excluding carboxylic acids is 1. The Labute approximate surface area is 119 Å². The highest BCUT2D eigenvalue weighted by Gasteiger charge is 2.22. The molecule has 1 N–H and O–H groups in total. The zero-order valence-electron chi connectivity index (χ0n) is 11.2. The normalized spacial score (nSPS) is 15.5. The monoisotopic (exact) mass is 281 g/mol. The molecule has 1 saturated carbocycles. The molecule has 0 heterocycles. The van der Waals surface area contributed by atoms with Crippen LogP contribution in [0.25, 0.3) is 0 Å². The molecule has 1 fully saturated rings. The van der Waals surface area contributed by atoms with E-state index >= 15 is 0 Å². The van der Waals surface area contributed by atoms with Gasteiger partial charge in [-0.15, -0.1) is 0 Å². The van der Waals surface area contributed by atoms with E-state index in [1.807, 2.05) is 12.1 Å². The van der Waals surface area contributed by atoms with E-state index in [1.54, 1.807) is 13.2 Å². The number of rotatable bonds is 5. The Hall–Kier alpha value is -1.22. The predicted octanol–water partition coefficient (Wildman–Crippen LogP) is 3.20. The number of methoxy groups -OCH3 is 1. The molecule has 1 aromatic rings. The highest BCUT2D eigenvalue weighted by atomic mass is 35.5. The molecule has 0 atom stereocenters. The molecule has 104 valence electrons. The second-order valence-electron chi connectivity index (χ2n) is 4.98. The van der Waals surface area contributed by atoms with Gasteiger partial charge >= 0.3 is 0 Å². The van der Waals surface area contributed by atoms with Crippen molar-refractivity contribution in [1.29, 1.82) is 0 Å². The van der Waals surface area contributed by atoms with Crippen molar-refractivity contribution in [3.05, 3.63) is 28.8 Å². The Morgan fingerprint density at radius 3 is 2.84 bits per heavy atom. The fourth-order valence-electron chi connectivity index (χ4n) is 2.60. The van der Waals surface area contributed by atoms with E-state index in [4.69, 9.17) is 16.3 Å². The van der Waals surface area contributed by atoms with Gasteiger partial charge < -0.3 is 10.1 Å². The fraction of sp³-hybridized carbons (Fsp3) is 0.533. The van der Waals surface area contributed by atoms with Gasteiger partial charge in [0.25, 0.3) is 0 Å². The molecule has 0 aliphatic heterocycles. The topological polar surface area (TPSA) is 38.3 Å². The van der Waals surface area contributed by atoms with Crippen molar-refractivity contribution in [2.24, 2.45) is 5.92 Å². The van der Waals surface area contributed by atoms with Gasteiger partial charge in [-0.25, -0.2) is 0 Å². The average Bonchev–Trinajstić information content (AvgIpc) is 2.93. The van der Waals surface area contributed by atoms with E-state index in [1.165, 1.54) is 12.8 Å². The molecule has 1 aromatic carbocycles. The van der Waals surface area contributed by atoms with E-state index in [0.717, 1.165) is 30.6 Å². The average molecular weight is 282 g/mol. The molecule has 0 radical (unpaired) electrons. The molecule has 2 rings (SSSR count). The van der Waals surface area contributed by atoms with Gasteiger partial charge in [-0.3, -0.25) is 4.79 Å². The molecule has 1 amide bonds. The Morgan fingerprint density at radius 2 is 2.16 bits per heavy atom. The predicted molar refractivity (Wildman–Crippen MR) is 76.7 cm³/mol. The Morgan fingerprint density at radius 1 is 1.42 bits per heavy atom. The molecule has 4 heteroatoms. The van der Waals surface area contributed by atoms with E-state index in [-0.39, 0.29) is 11.8 Å². The Kier molecular flexibility index (Phi) is 5.08. The standard InChI is InChI=1S/C15H20ClNO2/c1-19-14-7-6-13(16)10-12(14)8-9-17-15(18)11-4-2-3-5-11/h6-7,10-11H,2-5,8-9H2,1H3,(H,17,18). The van der Waals surface area contributed by atoms with Crippen LogP contribution in [0.1, 0.15) is 31.2 Å². The van der Waals surface area contributed by atoms with Crippen LogP contribution in [0.5, 0.6) is 5.75 Å². The summed E-state index contributed by atoms with van der Waals surface area (Å²) in [6.07, 6.45) is 5.17. The number of nitrogens with one attached hydrogen (secondary N) is 1. The molecule has 0 aromatic heterocycles. The van der Waals surface area contributed by atoms with Crippen molar-refractivity contribution in [1.82, 2.24) is 5.32 Å². The van der Waals surface area contributed by atoms with Crippen molar-refractivity contribution in [3.63, 3.8) is 0 Å². The van der Waals surface area contributed by atoms with E-state index in [0.29, 0.717) is 11.6 Å². The van der Waals surface area contributed by atoms with Crippen LogP contribution in [0.3, 0.4) is 0 Å². The number of halogens is 1. The molecule has 3 nitrogen and oxygen atoms in total. The summed E-state index contributed by atoms with van der Waals surface area (Å²) >= 11 is 5.98. The second-order valence-corrected chi connectivity index (χ2v) is 5.42. The summed E-state index contributed by atoms with van der Waals surface area (Å²) in [5, 5.41) is 3.70. The molecule has 1 aliphatic rings. The van der Waals surface area contributed by atoms with Crippen LogP contribution >= 0.6 is 11.6 Å². The Balaban J connectivity index is 1.84. The number of benzene rings is 1. The van der Waals surface area contributed by atoms with Gasteiger partial charge in [0.2, 0.25) is 5.91 Å². The zero-order chi connectivity index (χ0) is 13.7. The summed E-state index contributed by atoms with van der Waals surface area (Å²) in [4.78, 5) is 11.9. The van der Waals surface area contributed by atoms with Gasteiger partial charge in [-0.2, -0.15) is 0 Å². The maximum Gasteiger partial charge on any atom is 0.223 e. The molecular weight excluding hydrogens is 262 g/mol. The van der Waals surface area contributed by atoms with Crippen molar-refractivity contribution in [2.75, 3.05) is 13.7 Å². The number of hydrogen-bond donors (Lipinski definition) is 1. The van der Waals surface area contributed by atoms with Crippen molar-refractivity contribution < 1.29 is 9.53 Å². The number of amides is 1. The van der Waals surface area contributed by atoms with Gasteiger partial charge in [0.15, 0.2) is 0 Å². The third-order valence-corrected chi connectivity index (χ3v) is 3.90. The second kappa shape index (κ2) is 6.80. The minimum Gasteiger partial charge on any atom is -0.496 e. The van der Waals surface area contributed by atoms with Gasteiger partial charge in [-0.05, 0) is 43.0 Å². The first-order chi connectivity index (χ1) is 9.20. The molecule has 19 heavy (non-hydrogen) atoms. The quantitative estimate of drug-likeness (QED) is 0.900. The third kappa shape index (κ3) is 3.87. The van der Waals surface area contributed by atoms with E-state index < -0.39 is 0 Å². The van der Waals surface area contributed by atoms with Gasteiger partial charge in [-0.1, -0.05) is 24.4 Å². The minimum atomic E-state index is 0.193.